The standard InChI is InChI=1S/C21H32N2O3/c1-5-22-15-21(12-11-18(22)17-9-7-6-8-10-17)13-14-23(16-25-21)19(24)26-20(2,3)4/h6-10,18H,5,11-16H2,1-4H3. The monoisotopic (exact) mass is 360 g/mol. The number of likely N-dealkylation sites (tertiary alicyclic amines) is 1. The smallest absolute Gasteiger partial charge is 0.412 e. The van der Waals surface area contributed by atoms with E-state index in [1.807, 2.05) is 20.8 Å². The highest BCUT2D eigenvalue weighted by atomic mass is 16.6. The molecule has 1 spiro atoms. The summed E-state index contributed by atoms with van der Waals surface area (Å²) in [5.41, 5.74) is 0.772. The number of hydrogen-bond acceptors (Lipinski definition) is 4. The Hall–Kier alpha value is -1.59. The fourth-order valence-corrected chi connectivity index (χ4v) is 4.01. The lowest BCUT2D eigenvalue weighted by Gasteiger charge is -2.50. The zero-order chi connectivity index (χ0) is 18.8. The second kappa shape index (κ2) is 7.57. The molecule has 2 unspecified atom stereocenters. The summed E-state index contributed by atoms with van der Waals surface area (Å²) in [5, 5.41) is 0. The summed E-state index contributed by atoms with van der Waals surface area (Å²) in [5.74, 6) is 0. The average molecular weight is 360 g/mol. The largest absolute Gasteiger partial charge is 0.444 e. The third kappa shape index (κ3) is 4.38. The van der Waals surface area contributed by atoms with Crippen LogP contribution in [-0.4, -0.2) is 53.5 Å². The fourth-order valence-electron chi connectivity index (χ4n) is 4.01. The van der Waals surface area contributed by atoms with Crippen LogP contribution in [0.5, 0.6) is 0 Å². The number of ether oxygens (including phenoxy) is 2. The van der Waals surface area contributed by atoms with Gasteiger partial charge in [0.15, 0.2) is 0 Å². The van der Waals surface area contributed by atoms with Gasteiger partial charge in [-0.2, -0.15) is 0 Å². The lowest BCUT2D eigenvalue weighted by molar-refractivity contribution is -0.166. The van der Waals surface area contributed by atoms with Crippen molar-refractivity contribution in [3.8, 4) is 0 Å². The van der Waals surface area contributed by atoms with Crippen molar-refractivity contribution >= 4 is 6.09 Å². The quantitative estimate of drug-likeness (QED) is 0.793. The van der Waals surface area contributed by atoms with E-state index in [1.54, 1.807) is 4.90 Å². The molecule has 1 amide bonds. The first-order chi connectivity index (χ1) is 12.3. The first-order valence-corrected chi connectivity index (χ1v) is 9.73. The van der Waals surface area contributed by atoms with Gasteiger partial charge in [0, 0.05) is 19.1 Å². The zero-order valence-corrected chi connectivity index (χ0v) is 16.5. The van der Waals surface area contributed by atoms with Gasteiger partial charge in [0.2, 0.25) is 0 Å². The Bertz CT molecular complexity index is 603. The van der Waals surface area contributed by atoms with Crippen LogP contribution >= 0.6 is 0 Å². The highest BCUT2D eigenvalue weighted by molar-refractivity contribution is 5.68. The van der Waals surface area contributed by atoms with Crippen LogP contribution in [0.15, 0.2) is 30.3 Å². The Kier molecular flexibility index (Phi) is 5.58. The van der Waals surface area contributed by atoms with Gasteiger partial charge >= 0.3 is 6.09 Å². The molecule has 0 saturated carbocycles. The van der Waals surface area contributed by atoms with E-state index in [1.165, 1.54) is 5.56 Å². The van der Waals surface area contributed by atoms with Crippen LogP contribution in [0.3, 0.4) is 0 Å². The summed E-state index contributed by atoms with van der Waals surface area (Å²) in [6, 6.07) is 11.2. The van der Waals surface area contributed by atoms with Crippen LogP contribution in [0.2, 0.25) is 0 Å². The van der Waals surface area contributed by atoms with E-state index >= 15 is 0 Å². The van der Waals surface area contributed by atoms with E-state index in [4.69, 9.17) is 9.47 Å². The summed E-state index contributed by atoms with van der Waals surface area (Å²) >= 11 is 0. The molecular weight excluding hydrogens is 328 g/mol. The number of piperidine rings is 1. The van der Waals surface area contributed by atoms with Crippen LogP contribution in [0.4, 0.5) is 4.79 Å². The second-order valence-electron chi connectivity index (χ2n) is 8.48. The second-order valence-corrected chi connectivity index (χ2v) is 8.48. The summed E-state index contributed by atoms with van der Waals surface area (Å²) in [6.07, 6.45) is 2.71. The molecular formula is C21H32N2O3. The van der Waals surface area contributed by atoms with Crippen molar-refractivity contribution in [2.24, 2.45) is 0 Å². The predicted octanol–water partition coefficient (Wildman–Crippen LogP) is 4.20. The van der Waals surface area contributed by atoms with Gasteiger partial charge in [-0.3, -0.25) is 9.80 Å². The molecule has 1 aromatic carbocycles. The number of carbonyl (C=O) groups excluding carboxylic acids is 1. The molecule has 0 aliphatic carbocycles. The molecule has 2 saturated heterocycles. The molecule has 5 nitrogen and oxygen atoms in total. The molecule has 26 heavy (non-hydrogen) atoms. The number of rotatable bonds is 2. The zero-order valence-electron chi connectivity index (χ0n) is 16.5. The molecule has 0 radical (unpaired) electrons. The predicted molar refractivity (Wildman–Crippen MR) is 102 cm³/mol. The fraction of sp³-hybridized carbons (Fsp3) is 0.667. The van der Waals surface area contributed by atoms with Gasteiger partial charge in [0.1, 0.15) is 12.3 Å². The normalized spacial score (nSPS) is 27.5. The number of likely N-dealkylation sites (N-methyl/N-ethyl adjacent to an activating group) is 1. The summed E-state index contributed by atoms with van der Waals surface area (Å²) < 4.78 is 11.7. The minimum Gasteiger partial charge on any atom is -0.444 e. The third-order valence-corrected chi connectivity index (χ3v) is 5.41. The minimum atomic E-state index is -0.473. The van der Waals surface area contributed by atoms with Gasteiger partial charge in [-0.05, 0) is 52.1 Å². The van der Waals surface area contributed by atoms with E-state index in [2.05, 4.69) is 42.2 Å². The number of nitrogens with zero attached hydrogens (tertiary/aromatic N) is 2. The summed E-state index contributed by atoms with van der Waals surface area (Å²) in [7, 11) is 0. The van der Waals surface area contributed by atoms with Crippen molar-refractivity contribution in [1.29, 1.82) is 0 Å². The third-order valence-electron chi connectivity index (χ3n) is 5.41. The van der Waals surface area contributed by atoms with Gasteiger partial charge in [-0.25, -0.2) is 4.79 Å². The molecule has 0 N–H and O–H groups in total. The molecule has 144 valence electrons. The minimum absolute atomic E-state index is 0.139. The van der Waals surface area contributed by atoms with Crippen molar-refractivity contribution in [1.82, 2.24) is 9.80 Å². The summed E-state index contributed by atoms with van der Waals surface area (Å²) in [6.45, 7) is 10.8. The molecule has 2 fully saturated rings. The van der Waals surface area contributed by atoms with Gasteiger partial charge in [0.25, 0.3) is 0 Å². The first-order valence-electron chi connectivity index (χ1n) is 9.73. The van der Waals surface area contributed by atoms with E-state index in [0.29, 0.717) is 19.3 Å². The average Bonchev–Trinajstić information content (AvgIpc) is 2.61. The number of amides is 1. The maximum Gasteiger partial charge on any atom is 0.412 e. The van der Waals surface area contributed by atoms with Crippen LogP contribution in [0.1, 0.15) is 58.6 Å². The van der Waals surface area contributed by atoms with E-state index < -0.39 is 5.60 Å². The SMILES string of the molecule is CCN1CC2(CCC1c1ccccc1)CCN(C(=O)OC(C)(C)C)CO2. The van der Waals surface area contributed by atoms with E-state index in [0.717, 1.165) is 32.4 Å². The van der Waals surface area contributed by atoms with Gasteiger partial charge in [-0.15, -0.1) is 0 Å². The van der Waals surface area contributed by atoms with Crippen molar-refractivity contribution < 1.29 is 14.3 Å². The van der Waals surface area contributed by atoms with Crippen LogP contribution in [0, 0.1) is 0 Å². The Balaban J connectivity index is 1.61. The highest BCUT2D eigenvalue weighted by Gasteiger charge is 2.43. The lowest BCUT2D eigenvalue weighted by atomic mass is 9.83. The molecule has 2 aliphatic rings. The molecule has 2 heterocycles. The lowest BCUT2D eigenvalue weighted by Crippen LogP contribution is -2.57. The van der Waals surface area contributed by atoms with Crippen molar-refractivity contribution in [3.63, 3.8) is 0 Å². The van der Waals surface area contributed by atoms with Crippen LogP contribution in [-0.2, 0) is 9.47 Å². The molecule has 2 aliphatic heterocycles. The number of hydrogen-bond donors (Lipinski definition) is 0. The highest BCUT2D eigenvalue weighted by Crippen LogP contribution is 2.40. The van der Waals surface area contributed by atoms with Crippen molar-refractivity contribution in [2.45, 2.75) is 64.2 Å². The van der Waals surface area contributed by atoms with Gasteiger partial charge in [-0.1, -0.05) is 37.3 Å². The van der Waals surface area contributed by atoms with Crippen LogP contribution in [0.25, 0.3) is 0 Å². The molecule has 5 heteroatoms. The van der Waals surface area contributed by atoms with Crippen molar-refractivity contribution in [3.05, 3.63) is 35.9 Å². The van der Waals surface area contributed by atoms with Crippen molar-refractivity contribution in [2.75, 3.05) is 26.4 Å². The maximum atomic E-state index is 12.3. The molecule has 2 atom stereocenters. The Morgan fingerprint density at radius 1 is 1.27 bits per heavy atom. The molecule has 0 aromatic heterocycles. The number of benzene rings is 1. The van der Waals surface area contributed by atoms with Gasteiger partial charge < -0.3 is 9.47 Å². The Morgan fingerprint density at radius 3 is 2.58 bits per heavy atom. The van der Waals surface area contributed by atoms with E-state index in [9.17, 15) is 4.79 Å². The Labute approximate surface area is 157 Å². The first kappa shape index (κ1) is 19.2. The van der Waals surface area contributed by atoms with Crippen LogP contribution < -0.4 is 0 Å². The molecule has 0 bridgehead atoms. The molecule has 1 aromatic rings. The maximum absolute atomic E-state index is 12.3. The van der Waals surface area contributed by atoms with E-state index in [-0.39, 0.29) is 11.7 Å². The summed E-state index contributed by atoms with van der Waals surface area (Å²) in [4.78, 5) is 16.4. The Morgan fingerprint density at radius 2 is 2.00 bits per heavy atom. The van der Waals surface area contributed by atoms with Gasteiger partial charge in [0.05, 0.1) is 5.60 Å². The molecule has 3 rings (SSSR count). The topological polar surface area (TPSA) is 42.0 Å². The number of carbonyl (C=O) groups is 1.